The first-order valence-corrected chi connectivity index (χ1v) is 5.72. The fourth-order valence-electron chi connectivity index (χ4n) is 1.40. The van der Waals surface area contributed by atoms with Gasteiger partial charge in [-0.1, -0.05) is 51.9 Å². The molecule has 15 heavy (non-hydrogen) atoms. The summed E-state index contributed by atoms with van der Waals surface area (Å²) in [6, 6.07) is 0. The number of amides is 1. The van der Waals surface area contributed by atoms with Crippen molar-refractivity contribution in [3.63, 3.8) is 0 Å². The van der Waals surface area contributed by atoms with Gasteiger partial charge in [0.15, 0.2) is 0 Å². The molecule has 0 aromatic carbocycles. The maximum atomic E-state index is 9.80. The molecule has 3 nitrogen and oxygen atoms in total. The molecule has 1 amide bonds. The molecule has 1 N–H and O–H groups in total. The summed E-state index contributed by atoms with van der Waals surface area (Å²) in [5.41, 5.74) is 2.19. The third-order valence-corrected chi connectivity index (χ3v) is 2.23. The summed E-state index contributed by atoms with van der Waals surface area (Å²) in [5.74, 6) is 0. The molecule has 0 aliphatic rings. The van der Waals surface area contributed by atoms with E-state index in [4.69, 9.17) is 4.84 Å². The zero-order chi connectivity index (χ0) is 10.5. The third kappa shape index (κ3) is 17.1. The monoisotopic (exact) mass is 225 g/mol. The molecule has 0 bridgehead atoms. The summed E-state index contributed by atoms with van der Waals surface area (Å²) in [4.78, 5) is 14.6. The minimum atomic E-state index is 0. The van der Waals surface area contributed by atoms with Crippen LogP contribution in [0.3, 0.4) is 0 Å². The van der Waals surface area contributed by atoms with Crippen molar-refractivity contribution in [2.75, 3.05) is 6.61 Å². The van der Waals surface area contributed by atoms with Crippen LogP contribution in [0.4, 0.5) is 0 Å². The van der Waals surface area contributed by atoms with E-state index in [1.807, 2.05) is 0 Å². The number of unbranched alkanes of at least 4 members (excludes halogenated alkanes) is 7. The average molecular weight is 225 g/mol. The summed E-state index contributed by atoms with van der Waals surface area (Å²) < 4.78 is 0. The van der Waals surface area contributed by atoms with Crippen LogP contribution < -0.4 is 5.48 Å². The topological polar surface area (TPSA) is 38.3 Å². The molecular weight excluding hydrogens is 201 g/mol. The number of rotatable bonds is 11. The van der Waals surface area contributed by atoms with E-state index in [1.54, 1.807) is 0 Å². The van der Waals surface area contributed by atoms with E-state index in [0.29, 0.717) is 13.0 Å². The fraction of sp³-hybridized carbons (Fsp3) is 0.909. The number of hydrogen-bond donors (Lipinski definition) is 1. The van der Waals surface area contributed by atoms with Crippen LogP contribution in [-0.2, 0) is 9.63 Å². The fourth-order valence-corrected chi connectivity index (χ4v) is 1.40. The summed E-state index contributed by atoms with van der Waals surface area (Å²) in [6.07, 6.45) is 10.8. The second kappa shape index (κ2) is 16.8. The van der Waals surface area contributed by atoms with Crippen molar-refractivity contribution in [2.24, 2.45) is 0 Å². The molecule has 0 saturated carbocycles. The minimum absolute atomic E-state index is 0. The Morgan fingerprint density at radius 2 is 1.53 bits per heavy atom. The molecule has 0 aromatic heterocycles. The molecule has 0 saturated heterocycles. The Balaban J connectivity index is 0. The second-order valence-electron chi connectivity index (χ2n) is 3.56. The summed E-state index contributed by atoms with van der Waals surface area (Å²) >= 11 is 0. The van der Waals surface area contributed by atoms with Crippen molar-refractivity contribution in [3.05, 3.63) is 0 Å². The van der Waals surface area contributed by atoms with E-state index in [9.17, 15) is 4.79 Å². The predicted molar refractivity (Wildman–Crippen MR) is 64.9 cm³/mol. The Labute approximate surface area is 116 Å². The standard InChI is InChI=1S/C11H23NO2.Na.H/c1-2-3-4-5-6-7-8-9-10-14-12-11-13;;/h11H,2-10H2,1H3,(H,12,13);;. The number of hydrogen-bond acceptors (Lipinski definition) is 2. The molecule has 0 rings (SSSR count). The van der Waals surface area contributed by atoms with Gasteiger partial charge in [0, 0.05) is 0 Å². The Bertz CT molecular complexity index is 123. The van der Waals surface area contributed by atoms with Gasteiger partial charge in [-0.2, -0.15) is 0 Å². The van der Waals surface area contributed by atoms with E-state index in [1.165, 1.54) is 44.9 Å². The summed E-state index contributed by atoms with van der Waals surface area (Å²) in [5, 5.41) is 0. The van der Waals surface area contributed by atoms with Gasteiger partial charge < -0.3 is 0 Å². The van der Waals surface area contributed by atoms with Crippen molar-refractivity contribution in [1.29, 1.82) is 0 Å². The first-order valence-electron chi connectivity index (χ1n) is 5.72. The van der Waals surface area contributed by atoms with E-state index in [2.05, 4.69) is 12.4 Å². The Morgan fingerprint density at radius 1 is 1.00 bits per heavy atom. The maximum absolute atomic E-state index is 9.80. The van der Waals surface area contributed by atoms with Gasteiger partial charge in [0.1, 0.15) is 0 Å². The van der Waals surface area contributed by atoms with Gasteiger partial charge >= 0.3 is 29.6 Å². The molecule has 0 aliphatic carbocycles. The predicted octanol–water partition coefficient (Wildman–Crippen LogP) is 2.16. The van der Waals surface area contributed by atoms with Crippen LogP contribution in [0.15, 0.2) is 0 Å². The van der Waals surface area contributed by atoms with E-state index >= 15 is 0 Å². The number of hydroxylamine groups is 1. The van der Waals surface area contributed by atoms with Gasteiger partial charge in [0.25, 0.3) is 0 Å². The molecule has 0 unspecified atom stereocenters. The molecule has 86 valence electrons. The van der Waals surface area contributed by atoms with Crippen LogP contribution in [0.2, 0.25) is 0 Å². The Morgan fingerprint density at radius 3 is 2.07 bits per heavy atom. The summed E-state index contributed by atoms with van der Waals surface area (Å²) in [6.45, 7) is 2.87. The third-order valence-electron chi connectivity index (χ3n) is 2.23. The number of carbonyl (C=O) groups excluding carboxylic acids is 1. The number of carbonyl (C=O) groups is 1. The second-order valence-corrected chi connectivity index (χ2v) is 3.56. The van der Waals surface area contributed by atoms with Crippen LogP contribution in [0.1, 0.15) is 58.3 Å². The first-order chi connectivity index (χ1) is 6.91. The number of nitrogens with one attached hydrogen (secondary N) is 1. The molecule has 0 radical (unpaired) electrons. The van der Waals surface area contributed by atoms with E-state index < -0.39 is 0 Å². The SMILES string of the molecule is CCCCCCCCCCONC=O.[NaH]. The zero-order valence-electron chi connectivity index (χ0n) is 9.26. The molecule has 0 spiro atoms. The van der Waals surface area contributed by atoms with Gasteiger partial charge in [-0.25, -0.2) is 5.48 Å². The Hall–Kier alpha value is 0.430. The van der Waals surface area contributed by atoms with Gasteiger partial charge in [0.2, 0.25) is 6.41 Å². The van der Waals surface area contributed by atoms with Crippen LogP contribution >= 0.6 is 0 Å². The Kier molecular flexibility index (Phi) is 20.0. The molecular formula is C11H24NNaO2. The van der Waals surface area contributed by atoms with Crippen molar-refractivity contribution in [3.8, 4) is 0 Å². The van der Waals surface area contributed by atoms with Crippen LogP contribution in [0.5, 0.6) is 0 Å². The molecule has 0 fully saturated rings. The average Bonchev–Trinajstić information content (AvgIpc) is 2.21. The van der Waals surface area contributed by atoms with Crippen molar-refractivity contribution in [2.45, 2.75) is 58.3 Å². The van der Waals surface area contributed by atoms with E-state index in [0.717, 1.165) is 6.42 Å². The molecule has 0 atom stereocenters. The van der Waals surface area contributed by atoms with Gasteiger partial charge in [0.05, 0.1) is 6.61 Å². The van der Waals surface area contributed by atoms with Crippen molar-refractivity contribution < 1.29 is 9.63 Å². The van der Waals surface area contributed by atoms with Gasteiger partial charge in [-0.15, -0.1) is 0 Å². The van der Waals surface area contributed by atoms with Crippen LogP contribution in [-0.4, -0.2) is 42.6 Å². The zero-order valence-corrected chi connectivity index (χ0v) is 9.26. The molecule has 0 aliphatic heterocycles. The molecule has 0 heterocycles. The van der Waals surface area contributed by atoms with Crippen LogP contribution in [0.25, 0.3) is 0 Å². The van der Waals surface area contributed by atoms with Gasteiger partial charge in [-0.05, 0) is 6.42 Å². The molecule has 4 heteroatoms. The molecule has 0 aromatic rings. The van der Waals surface area contributed by atoms with E-state index in [-0.39, 0.29) is 29.6 Å². The quantitative estimate of drug-likeness (QED) is 0.253. The first kappa shape index (κ1) is 17.8. The summed E-state index contributed by atoms with van der Waals surface area (Å²) in [7, 11) is 0. The van der Waals surface area contributed by atoms with Gasteiger partial charge in [-0.3, -0.25) is 9.63 Å². The van der Waals surface area contributed by atoms with Crippen LogP contribution in [0, 0.1) is 0 Å². The normalized spacial score (nSPS) is 9.40. The van der Waals surface area contributed by atoms with Crippen molar-refractivity contribution >= 4 is 36.0 Å². The van der Waals surface area contributed by atoms with Crippen molar-refractivity contribution in [1.82, 2.24) is 5.48 Å².